The minimum atomic E-state index is -4.47. The van der Waals surface area contributed by atoms with E-state index in [0.717, 1.165) is 12.1 Å². The molecule has 0 amide bonds. The van der Waals surface area contributed by atoms with Gasteiger partial charge in [0.25, 0.3) is 0 Å². The molecule has 0 atom stereocenters. The van der Waals surface area contributed by atoms with Crippen LogP contribution in [-0.2, 0) is 20.7 Å². The molecule has 0 heterocycles. The van der Waals surface area contributed by atoms with Gasteiger partial charge in [-0.25, -0.2) is 4.79 Å². The Bertz CT molecular complexity index is 533. The Hall–Kier alpha value is -1.82. The van der Waals surface area contributed by atoms with Crippen LogP contribution in [0.15, 0.2) is 24.3 Å². The zero-order chi connectivity index (χ0) is 16.0. The fraction of sp³-hybridized carbons (Fsp3) is 0.400. The van der Waals surface area contributed by atoms with Crippen LogP contribution in [0.4, 0.5) is 13.2 Å². The van der Waals surface area contributed by atoms with Gasteiger partial charge in [0, 0.05) is 0 Å². The van der Waals surface area contributed by atoms with Crippen molar-refractivity contribution in [3.8, 4) is 0 Å². The summed E-state index contributed by atoms with van der Waals surface area (Å²) in [6.07, 6.45) is -2.47. The number of alkyl halides is 3. The molecule has 1 aromatic rings. The Labute approximate surface area is 121 Å². The van der Waals surface area contributed by atoms with Crippen LogP contribution in [0.5, 0.6) is 0 Å². The van der Waals surface area contributed by atoms with Gasteiger partial charge in [-0.05, 0) is 43.5 Å². The smallest absolute Gasteiger partial charge is 0.293 e. The summed E-state index contributed by atoms with van der Waals surface area (Å²) in [6, 6.07) is 3.26. The number of halogens is 3. The van der Waals surface area contributed by atoms with Crippen LogP contribution >= 0.6 is 0 Å². The summed E-state index contributed by atoms with van der Waals surface area (Å²) in [6.45, 7) is 5.20. The summed E-state index contributed by atoms with van der Waals surface area (Å²) in [4.78, 5) is 21.0. The topological polar surface area (TPSA) is 35.5 Å². The highest BCUT2D eigenvalue weighted by atomic mass is 19.4. The highest BCUT2D eigenvalue weighted by Crippen LogP contribution is 2.32. The standard InChI is InChI=1S/C15H17F3O3/c1-4-6-12(14(19)21-20-5-2)13-9-11(15(16,17)18)8-7-10(13)3/h6-9H,4-5H2,1-3H3/b12-6+. The van der Waals surface area contributed by atoms with Gasteiger partial charge in [0.05, 0.1) is 17.7 Å². The molecule has 0 aromatic heterocycles. The largest absolute Gasteiger partial charge is 0.416 e. The summed E-state index contributed by atoms with van der Waals surface area (Å²) in [5, 5.41) is 0. The van der Waals surface area contributed by atoms with Crippen LogP contribution in [0.3, 0.4) is 0 Å². The van der Waals surface area contributed by atoms with Gasteiger partial charge in [0.15, 0.2) is 0 Å². The fourth-order valence-electron chi connectivity index (χ4n) is 1.75. The summed E-state index contributed by atoms with van der Waals surface area (Å²) in [5.41, 5.74) is -0.00334. The van der Waals surface area contributed by atoms with E-state index in [1.807, 2.05) is 0 Å². The molecule has 0 unspecified atom stereocenters. The van der Waals surface area contributed by atoms with Crippen molar-refractivity contribution in [3.05, 3.63) is 41.0 Å². The summed E-state index contributed by atoms with van der Waals surface area (Å²) >= 11 is 0. The number of rotatable bonds is 5. The Morgan fingerprint density at radius 2 is 1.95 bits per heavy atom. The van der Waals surface area contributed by atoms with Crippen molar-refractivity contribution >= 4 is 11.5 Å². The molecule has 1 rings (SSSR count). The predicted molar refractivity (Wildman–Crippen MR) is 72.2 cm³/mol. The molecule has 3 nitrogen and oxygen atoms in total. The molecular weight excluding hydrogens is 285 g/mol. The van der Waals surface area contributed by atoms with E-state index in [2.05, 4.69) is 9.78 Å². The number of allylic oxidation sites excluding steroid dienone is 1. The predicted octanol–water partition coefficient (Wildman–Crippen LogP) is 4.30. The van der Waals surface area contributed by atoms with Crippen molar-refractivity contribution in [2.45, 2.75) is 33.4 Å². The lowest BCUT2D eigenvalue weighted by Crippen LogP contribution is -2.11. The van der Waals surface area contributed by atoms with E-state index in [-0.39, 0.29) is 17.7 Å². The molecule has 1 aromatic carbocycles. The summed E-state index contributed by atoms with van der Waals surface area (Å²) in [5.74, 6) is -0.805. The number of carbonyl (C=O) groups is 1. The third-order valence-corrected chi connectivity index (χ3v) is 2.74. The Balaban J connectivity index is 3.25. The van der Waals surface area contributed by atoms with Gasteiger partial charge >= 0.3 is 12.1 Å². The Morgan fingerprint density at radius 3 is 2.48 bits per heavy atom. The number of carbonyl (C=O) groups excluding carboxylic acids is 1. The van der Waals surface area contributed by atoms with Crippen LogP contribution in [0.2, 0.25) is 0 Å². The molecule has 0 saturated heterocycles. The molecule has 0 N–H and O–H groups in total. The van der Waals surface area contributed by atoms with Crippen LogP contribution < -0.4 is 0 Å². The molecule has 21 heavy (non-hydrogen) atoms. The zero-order valence-electron chi connectivity index (χ0n) is 12.1. The summed E-state index contributed by atoms with van der Waals surface area (Å²) in [7, 11) is 0. The second-order valence-electron chi connectivity index (χ2n) is 4.33. The van der Waals surface area contributed by atoms with Crippen LogP contribution in [0.25, 0.3) is 5.57 Å². The number of aryl methyl sites for hydroxylation is 1. The molecule has 6 heteroatoms. The number of benzene rings is 1. The first-order chi connectivity index (χ1) is 9.81. The van der Waals surface area contributed by atoms with E-state index >= 15 is 0 Å². The molecule has 0 aliphatic carbocycles. The average Bonchev–Trinajstić information content (AvgIpc) is 2.41. The highest BCUT2D eigenvalue weighted by Gasteiger charge is 2.31. The van der Waals surface area contributed by atoms with Gasteiger partial charge in [-0.1, -0.05) is 19.1 Å². The SMILES string of the molecule is CC/C=C(/C(=O)OOCC)c1cc(C(F)(F)F)ccc1C. The van der Waals surface area contributed by atoms with Gasteiger partial charge in [-0.3, -0.25) is 4.89 Å². The lowest BCUT2D eigenvalue weighted by Gasteiger charge is -2.13. The van der Waals surface area contributed by atoms with Crippen molar-refractivity contribution in [3.63, 3.8) is 0 Å². The molecule has 0 bridgehead atoms. The molecular formula is C15H17F3O3. The maximum Gasteiger partial charge on any atom is 0.416 e. The maximum absolute atomic E-state index is 12.8. The van der Waals surface area contributed by atoms with Crippen LogP contribution in [-0.4, -0.2) is 12.6 Å². The molecule has 0 fully saturated rings. The molecule has 0 saturated carbocycles. The van der Waals surface area contributed by atoms with Crippen molar-refractivity contribution in [1.82, 2.24) is 0 Å². The maximum atomic E-state index is 12.8. The number of hydrogen-bond donors (Lipinski definition) is 0. The second kappa shape index (κ2) is 7.26. The minimum absolute atomic E-state index is 0.0644. The molecule has 0 spiro atoms. The minimum Gasteiger partial charge on any atom is -0.293 e. The molecule has 0 radical (unpaired) electrons. The van der Waals surface area contributed by atoms with E-state index in [4.69, 9.17) is 0 Å². The van der Waals surface area contributed by atoms with E-state index in [1.165, 1.54) is 12.1 Å². The van der Waals surface area contributed by atoms with Gasteiger partial charge < -0.3 is 0 Å². The van der Waals surface area contributed by atoms with E-state index in [0.29, 0.717) is 12.0 Å². The van der Waals surface area contributed by atoms with E-state index in [9.17, 15) is 18.0 Å². The molecule has 0 aliphatic heterocycles. The third-order valence-electron chi connectivity index (χ3n) is 2.74. The summed E-state index contributed by atoms with van der Waals surface area (Å²) < 4.78 is 38.4. The normalized spacial score (nSPS) is 12.4. The number of hydrogen-bond acceptors (Lipinski definition) is 3. The lowest BCUT2D eigenvalue weighted by molar-refractivity contribution is -0.263. The van der Waals surface area contributed by atoms with Crippen molar-refractivity contribution in [1.29, 1.82) is 0 Å². The van der Waals surface area contributed by atoms with Crippen molar-refractivity contribution in [2.75, 3.05) is 6.61 Å². The molecule has 116 valence electrons. The Morgan fingerprint density at radius 1 is 1.29 bits per heavy atom. The average molecular weight is 302 g/mol. The highest BCUT2D eigenvalue weighted by molar-refractivity contribution is 6.16. The van der Waals surface area contributed by atoms with Gasteiger partial charge in [0.2, 0.25) is 0 Å². The van der Waals surface area contributed by atoms with Crippen molar-refractivity contribution in [2.24, 2.45) is 0 Å². The van der Waals surface area contributed by atoms with Crippen LogP contribution in [0, 0.1) is 6.92 Å². The second-order valence-corrected chi connectivity index (χ2v) is 4.33. The quantitative estimate of drug-likeness (QED) is 0.462. The first kappa shape index (κ1) is 17.2. The fourth-order valence-corrected chi connectivity index (χ4v) is 1.75. The van der Waals surface area contributed by atoms with E-state index in [1.54, 1.807) is 20.8 Å². The first-order valence-electron chi connectivity index (χ1n) is 6.53. The van der Waals surface area contributed by atoms with Crippen molar-refractivity contribution < 1.29 is 27.7 Å². The molecule has 0 aliphatic rings. The lowest BCUT2D eigenvalue weighted by atomic mass is 9.97. The zero-order valence-corrected chi connectivity index (χ0v) is 12.1. The van der Waals surface area contributed by atoms with Gasteiger partial charge in [0.1, 0.15) is 0 Å². The monoisotopic (exact) mass is 302 g/mol. The third kappa shape index (κ3) is 4.60. The van der Waals surface area contributed by atoms with Gasteiger partial charge in [-0.15, -0.1) is 0 Å². The van der Waals surface area contributed by atoms with Crippen LogP contribution in [0.1, 0.15) is 37.0 Å². The first-order valence-corrected chi connectivity index (χ1v) is 6.53. The van der Waals surface area contributed by atoms with Gasteiger partial charge in [-0.2, -0.15) is 18.1 Å². The Kier molecular flexibility index (Phi) is 5.96. The van der Waals surface area contributed by atoms with E-state index < -0.39 is 17.7 Å².